The van der Waals surface area contributed by atoms with Crippen LogP contribution in [0.25, 0.3) is 6.08 Å². The highest BCUT2D eigenvalue weighted by molar-refractivity contribution is 6.09. The molecule has 5 heteroatoms. The van der Waals surface area contributed by atoms with Gasteiger partial charge in [0.15, 0.2) is 0 Å². The smallest absolute Gasteiger partial charge is 0.213 e. The summed E-state index contributed by atoms with van der Waals surface area (Å²) in [5.41, 5.74) is 3.09. The van der Waals surface area contributed by atoms with Crippen molar-refractivity contribution >= 4 is 17.7 Å². The predicted molar refractivity (Wildman–Crippen MR) is 116 cm³/mol. The first-order valence-electron chi connectivity index (χ1n) is 9.88. The van der Waals surface area contributed by atoms with E-state index in [9.17, 15) is 4.79 Å². The van der Waals surface area contributed by atoms with Gasteiger partial charge < -0.3 is 10.2 Å². The van der Waals surface area contributed by atoms with Crippen LogP contribution in [0.2, 0.25) is 0 Å². The van der Waals surface area contributed by atoms with Crippen LogP contribution in [0.15, 0.2) is 73.1 Å². The Hall–Kier alpha value is -3.31. The number of hydrogen-bond donors (Lipinski definition) is 1. The Labute approximate surface area is 171 Å². The molecule has 1 aromatic carbocycles. The molecule has 0 radical (unpaired) electrons. The molecule has 3 aromatic rings. The maximum atomic E-state index is 13.1. The standard InChI is InChI=1S/C24H24N4O/c1-2-7-19-11-12-22(27-23(19)24(29)20-10-6-13-25-16-20)28-15-14-26-21(17-28)18-8-4-3-5-9-18/h2-13,16,21,26H,14-15,17H2,1H3/b7-2-. The van der Waals surface area contributed by atoms with Crippen LogP contribution in [0, 0.1) is 0 Å². The van der Waals surface area contributed by atoms with Crippen LogP contribution in [-0.2, 0) is 0 Å². The van der Waals surface area contributed by atoms with Gasteiger partial charge in [0.25, 0.3) is 0 Å². The predicted octanol–water partition coefficient (Wildman–Crippen LogP) is 3.89. The minimum absolute atomic E-state index is 0.109. The minimum atomic E-state index is -0.109. The monoisotopic (exact) mass is 384 g/mol. The zero-order valence-electron chi connectivity index (χ0n) is 16.5. The molecule has 0 spiro atoms. The maximum absolute atomic E-state index is 13.1. The molecule has 0 saturated carbocycles. The summed E-state index contributed by atoms with van der Waals surface area (Å²) in [6.45, 7) is 4.46. The van der Waals surface area contributed by atoms with Crippen LogP contribution in [0.5, 0.6) is 0 Å². The summed E-state index contributed by atoms with van der Waals surface area (Å²) in [7, 11) is 0. The van der Waals surface area contributed by atoms with Crippen LogP contribution >= 0.6 is 0 Å². The van der Waals surface area contributed by atoms with Gasteiger partial charge in [0, 0.05) is 49.2 Å². The first kappa shape index (κ1) is 19.0. The van der Waals surface area contributed by atoms with Crippen molar-refractivity contribution in [1.82, 2.24) is 15.3 Å². The van der Waals surface area contributed by atoms with Gasteiger partial charge in [-0.05, 0) is 36.8 Å². The Bertz CT molecular complexity index is 1000. The maximum Gasteiger partial charge on any atom is 0.213 e. The summed E-state index contributed by atoms with van der Waals surface area (Å²) in [4.78, 5) is 24.2. The van der Waals surface area contributed by atoms with Gasteiger partial charge in [-0.25, -0.2) is 4.98 Å². The van der Waals surface area contributed by atoms with E-state index in [1.165, 1.54) is 5.56 Å². The molecule has 3 heterocycles. The van der Waals surface area contributed by atoms with Crippen molar-refractivity contribution in [3.8, 4) is 0 Å². The van der Waals surface area contributed by atoms with Crippen molar-refractivity contribution in [3.63, 3.8) is 0 Å². The average molecular weight is 384 g/mol. The highest BCUT2D eigenvalue weighted by atomic mass is 16.1. The van der Waals surface area contributed by atoms with Crippen LogP contribution in [0.3, 0.4) is 0 Å². The van der Waals surface area contributed by atoms with Crippen molar-refractivity contribution in [3.05, 3.63) is 95.5 Å². The van der Waals surface area contributed by atoms with Gasteiger partial charge in [-0.1, -0.05) is 42.5 Å². The van der Waals surface area contributed by atoms with E-state index in [1.807, 2.05) is 37.3 Å². The zero-order chi connectivity index (χ0) is 20.1. The van der Waals surface area contributed by atoms with Crippen molar-refractivity contribution in [2.24, 2.45) is 0 Å². The molecule has 0 bridgehead atoms. The molecule has 1 N–H and O–H groups in total. The number of aromatic nitrogens is 2. The molecule has 2 aromatic heterocycles. The second-order valence-electron chi connectivity index (χ2n) is 7.04. The number of carbonyl (C=O) groups excluding carboxylic acids is 1. The van der Waals surface area contributed by atoms with Crippen LogP contribution in [-0.4, -0.2) is 35.4 Å². The summed E-state index contributed by atoms with van der Waals surface area (Å²) in [5.74, 6) is 0.718. The van der Waals surface area contributed by atoms with Crippen molar-refractivity contribution in [2.45, 2.75) is 13.0 Å². The van der Waals surface area contributed by atoms with Gasteiger partial charge in [0.2, 0.25) is 5.78 Å². The van der Waals surface area contributed by atoms with E-state index in [-0.39, 0.29) is 11.8 Å². The highest BCUT2D eigenvalue weighted by Crippen LogP contribution is 2.24. The van der Waals surface area contributed by atoms with Gasteiger partial charge in [0.1, 0.15) is 11.5 Å². The molecule has 29 heavy (non-hydrogen) atoms. The van der Waals surface area contributed by atoms with Crippen LogP contribution < -0.4 is 10.2 Å². The van der Waals surface area contributed by atoms with Gasteiger partial charge in [0.05, 0.1) is 0 Å². The number of allylic oxidation sites excluding steroid dienone is 1. The largest absolute Gasteiger partial charge is 0.353 e. The Morgan fingerprint density at radius 2 is 2.00 bits per heavy atom. The number of hydrogen-bond acceptors (Lipinski definition) is 5. The normalized spacial score (nSPS) is 16.9. The minimum Gasteiger partial charge on any atom is -0.353 e. The van der Waals surface area contributed by atoms with E-state index in [0.717, 1.165) is 31.0 Å². The number of rotatable bonds is 5. The fourth-order valence-electron chi connectivity index (χ4n) is 3.63. The lowest BCUT2D eigenvalue weighted by atomic mass is 10.0. The van der Waals surface area contributed by atoms with E-state index in [4.69, 9.17) is 4.98 Å². The average Bonchev–Trinajstić information content (AvgIpc) is 2.80. The molecule has 1 unspecified atom stereocenters. The first-order chi connectivity index (χ1) is 14.3. The molecule has 146 valence electrons. The van der Waals surface area contributed by atoms with Gasteiger partial charge in [-0.3, -0.25) is 9.78 Å². The summed E-state index contributed by atoms with van der Waals surface area (Å²) >= 11 is 0. The molecule has 0 aliphatic carbocycles. The lowest BCUT2D eigenvalue weighted by Gasteiger charge is -2.35. The molecule has 1 fully saturated rings. The van der Waals surface area contributed by atoms with Crippen molar-refractivity contribution in [2.75, 3.05) is 24.5 Å². The summed E-state index contributed by atoms with van der Waals surface area (Å²) in [6.07, 6.45) is 7.10. The van der Waals surface area contributed by atoms with E-state index in [1.54, 1.807) is 24.5 Å². The number of ketones is 1. The lowest BCUT2D eigenvalue weighted by Crippen LogP contribution is -2.46. The SMILES string of the molecule is C/C=C\c1ccc(N2CCNC(c3ccccc3)C2)nc1C(=O)c1cccnc1. The van der Waals surface area contributed by atoms with Crippen molar-refractivity contribution in [1.29, 1.82) is 0 Å². The number of nitrogens with zero attached hydrogens (tertiary/aromatic N) is 3. The Morgan fingerprint density at radius 1 is 1.14 bits per heavy atom. The van der Waals surface area contributed by atoms with Gasteiger partial charge >= 0.3 is 0 Å². The number of benzene rings is 1. The molecule has 1 atom stereocenters. The second kappa shape index (κ2) is 8.80. The number of anilines is 1. The summed E-state index contributed by atoms with van der Waals surface area (Å²) < 4.78 is 0. The molecule has 0 amide bonds. The number of pyridine rings is 2. The fourth-order valence-corrected chi connectivity index (χ4v) is 3.63. The highest BCUT2D eigenvalue weighted by Gasteiger charge is 2.23. The van der Waals surface area contributed by atoms with E-state index in [0.29, 0.717) is 11.3 Å². The zero-order valence-corrected chi connectivity index (χ0v) is 16.5. The third kappa shape index (κ3) is 4.25. The fraction of sp³-hybridized carbons (Fsp3) is 0.208. The van der Waals surface area contributed by atoms with Gasteiger partial charge in [-0.15, -0.1) is 0 Å². The van der Waals surface area contributed by atoms with E-state index in [2.05, 4.69) is 39.5 Å². The third-order valence-corrected chi connectivity index (χ3v) is 5.10. The van der Waals surface area contributed by atoms with Gasteiger partial charge in [-0.2, -0.15) is 0 Å². The molecular formula is C24H24N4O. The number of nitrogens with one attached hydrogen (secondary N) is 1. The first-order valence-corrected chi connectivity index (χ1v) is 9.88. The Kier molecular flexibility index (Phi) is 5.77. The number of carbonyl (C=O) groups is 1. The Balaban J connectivity index is 1.65. The molecular weight excluding hydrogens is 360 g/mol. The van der Waals surface area contributed by atoms with Crippen LogP contribution in [0.4, 0.5) is 5.82 Å². The second-order valence-corrected chi connectivity index (χ2v) is 7.04. The quantitative estimate of drug-likeness (QED) is 0.677. The molecule has 1 aliphatic rings. The molecule has 1 saturated heterocycles. The van der Waals surface area contributed by atoms with Crippen LogP contribution in [0.1, 0.15) is 40.1 Å². The summed E-state index contributed by atoms with van der Waals surface area (Å²) in [5, 5.41) is 3.57. The molecule has 5 nitrogen and oxygen atoms in total. The lowest BCUT2D eigenvalue weighted by molar-refractivity contribution is 0.103. The third-order valence-electron chi connectivity index (χ3n) is 5.10. The summed E-state index contributed by atoms with van der Waals surface area (Å²) in [6, 6.07) is 18.2. The number of piperazine rings is 1. The topological polar surface area (TPSA) is 58.1 Å². The molecule has 4 rings (SSSR count). The van der Waals surface area contributed by atoms with E-state index < -0.39 is 0 Å². The van der Waals surface area contributed by atoms with Crippen molar-refractivity contribution < 1.29 is 4.79 Å². The Morgan fingerprint density at radius 3 is 2.76 bits per heavy atom. The van der Waals surface area contributed by atoms with E-state index >= 15 is 0 Å². The molecule has 1 aliphatic heterocycles.